The number of phenolic OH excluding ortho intramolecular Hbond substituents is 2. The van der Waals surface area contributed by atoms with Gasteiger partial charge in [0.25, 0.3) is 0 Å². The van der Waals surface area contributed by atoms with Crippen LogP contribution in [0.3, 0.4) is 0 Å². The topological polar surface area (TPSA) is 74.6 Å². The third kappa shape index (κ3) is 2.44. The van der Waals surface area contributed by atoms with Crippen molar-refractivity contribution in [2.45, 2.75) is 9.79 Å². The monoisotopic (exact) mass is 282 g/mol. The molecule has 0 radical (unpaired) electrons. The molecule has 0 heterocycles. The third-order valence-corrected chi connectivity index (χ3v) is 5.81. The number of benzene rings is 2. The zero-order chi connectivity index (χ0) is 13.1. The summed E-state index contributed by atoms with van der Waals surface area (Å²) < 4.78 is 24.1. The highest BCUT2D eigenvalue weighted by atomic mass is 33.1. The Kier molecular flexibility index (Phi) is 3.78. The Morgan fingerprint density at radius 1 is 0.667 bits per heavy atom. The quantitative estimate of drug-likeness (QED) is 0.844. The average molecular weight is 282 g/mol. The smallest absolute Gasteiger partial charge is 0.151 e. The van der Waals surface area contributed by atoms with Crippen LogP contribution >= 0.6 is 0 Å². The molecule has 4 nitrogen and oxygen atoms in total. The molecule has 0 aliphatic carbocycles. The van der Waals surface area contributed by atoms with E-state index in [0.717, 1.165) is 0 Å². The summed E-state index contributed by atoms with van der Waals surface area (Å²) in [7, 11) is -3.88. The van der Waals surface area contributed by atoms with Gasteiger partial charge in [0.1, 0.15) is 11.5 Å². The zero-order valence-corrected chi connectivity index (χ0v) is 10.8. The van der Waals surface area contributed by atoms with Crippen molar-refractivity contribution in [1.29, 1.82) is 0 Å². The van der Waals surface area contributed by atoms with E-state index < -0.39 is 19.7 Å². The first-order chi connectivity index (χ1) is 8.61. The standard InChI is InChI=1S/C12H10O4S2/c13-9-5-1-3-7-11(9)17(15)18(16)12-8-4-2-6-10(12)14/h1-8,13-14H/t17-,18+. The average Bonchev–Trinajstić information content (AvgIpc) is 2.38. The minimum atomic E-state index is -1.94. The Balaban J connectivity index is 2.39. The molecule has 2 aromatic carbocycles. The van der Waals surface area contributed by atoms with Crippen molar-refractivity contribution >= 4 is 19.7 Å². The van der Waals surface area contributed by atoms with Crippen LogP contribution in [-0.4, -0.2) is 18.6 Å². The first-order valence-electron chi connectivity index (χ1n) is 5.01. The summed E-state index contributed by atoms with van der Waals surface area (Å²) in [5.74, 6) is -0.362. The van der Waals surface area contributed by atoms with Gasteiger partial charge in [0, 0.05) is 0 Å². The lowest BCUT2D eigenvalue weighted by Crippen LogP contribution is -2.01. The van der Waals surface area contributed by atoms with Crippen LogP contribution in [0.5, 0.6) is 11.5 Å². The van der Waals surface area contributed by atoms with E-state index in [1.54, 1.807) is 24.3 Å². The second-order valence-corrected chi connectivity index (χ2v) is 7.04. The van der Waals surface area contributed by atoms with Crippen molar-refractivity contribution in [3.8, 4) is 11.5 Å². The van der Waals surface area contributed by atoms with E-state index in [4.69, 9.17) is 0 Å². The number of phenols is 2. The minimum absolute atomic E-state index is 0.0825. The fourth-order valence-electron chi connectivity index (χ4n) is 1.36. The van der Waals surface area contributed by atoms with Gasteiger partial charge in [-0.15, -0.1) is 0 Å². The molecular weight excluding hydrogens is 272 g/mol. The van der Waals surface area contributed by atoms with Crippen molar-refractivity contribution in [3.05, 3.63) is 48.5 Å². The summed E-state index contributed by atoms with van der Waals surface area (Å²) in [6.45, 7) is 0. The summed E-state index contributed by atoms with van der Waals surface area (Å²) in [4.78, 5) is 0.165. The molecule has 2 atom stereocenters. The molecule has 0 saturated heterocycles. The summed E-state index contributed by atoms with van der Waals surface area (Å²) in [5, 5.41) is 19.1. The molecule has 0 aliphatic rings. The highest BCUT2D eigenvalue weighted by molar-refractivity contribution is 8.61. The summed E-state index contributed by atoms with van der Waals surface area (Å²) in [6, 6.07) is 12.0. The Hall–Kier alpha value is -1.66. The fourth-order valence-corrected chi connectivity index (χ4v) is 4.37. The maximum absolute atomic E-state index is 12.1. The number of aromatic hydroxyl groups is 2. The first-order valence-corrected chi connectivity index (χ1v) is 7.83. The van der Waals surface area contributed by atoms with E-state index in [-0.39, 0.29) is 21.3 Å². The summed E-state index contributed by atoms with van der Waals surface area (Å²) in [6.07, 6.45) is 0. The van der Waals surface area contributed by atoms with Crippen molar-refractivity contribution in [1.82, 2.24) is 0 Å². The van der Waals surface area contributed by atoms with Gasteiger partial charge in [-0.2, -0.15) is 0 Å². The lowest BCUT2D eigenvalue weighted by molar-refractivity contribution is 0.460. The molecule has 2 N–H and O–H groups in total. The van der Waals surface area contributed by atoms with Crippen LogP contribution in [0.25, 0.3) is 0 Å². The Bertz CT molecular complexity index is 569. The van der Waals surface area contributed by atoms with Crippen molar-refractivity contribution in [2.24, 2.45) is 0 Å². The van der Waals surface area contributed by atoms with E-state index in [2.05, 4.69) is 0 Å². The predicted molar refractivity (Wildman–Crippen MR) is 69.0 cm³/mol. The van der Waals surface area contributed by atoms with Gasteiger partial charge in [-0.05, 0) is 24.3 Å². The third-order valence-electron chi connectivity index (χ3n) is 2.23. The van der Waals surface area contributed by atoms with Crippen LogP contribution in [0.1, 0.15) is 0 Å². The van der Waals surface area contributed by atoms with Gasteiger partial charge >= 0.3 is 0 Å². The highest BCUT2D eigenvalue weighted by Gasteiger charge is 2.20. The molecule has 2 rings (SSSR count). The van der Waals surface area contributed by atoms with E-state index in [1.165, 1.54) is 24.3 Å². The fraction of sp³-hybridized carbons (Fsp3) is 0. The van der Waals surface area contributed by atoms with E-state index in [1.807, 2.05) is 0 Å². The molecule has 6 heteroatoms. The molecule has 0 spiro atoms. The Labute approximate surface area is 108 Å². The highest BCUT2D eigenvalue weighted by Crippen LogP contribution is 2.28. The maximum atomic E-state index is 12.1. The summed E-state index contributed by atoms with van der Waals surface area (Å²) in [5.41, 5.74) is 0. The second-order valence-electron chi connectivity index (χ2n) is 3.40. The number of para-hydroxylation sites is 2. The van der Waals surface area contributed by atoms with Crippen molar-refractivity contribution < 1.29 is 18.6 Å². The van der Waals surface area contributed by atoms with E-state index >= 15 is 0 Å². The van der Waals surface area contributed by atoms with Crippen LogP contribution in [0.2, 0.25) is 0 Å². The molecule has 0 bridgehead atoms. The van der Waals surface area contributed by atoms with Gasteiger partial charge in [0.15, 0.2) is 19.7 Å². The molecule has 0 aliphatic heterocycles. The molecule has 18 heavy (non-hydrogen) atoms. The largest absolute Gasteiger partial charge is 0.507 e. The van der Waals surface area contributed by atoms with E-state index in [9.17, 15) is 18.6 Å². The van der Waals surface area contributed by atoms with Gasteiger partial charge in [0.05, 0.1) is 9.79 Å². The van der Waals surface area contributed by atoms with Gasteiger partial charge in [-0.25, -0.2) is 8.42 Å². The lowest BCUT2D eigenvalue weighted by atomic mass is 10.3. The second kappa shape index (κ2) is 5.32. The van der Waals surface area contributed by atoms with Crippen LogP contribution in [-0.2, 0) is 19.7 Å². The SMILES string of the molecule is O=[S@](c1ccccc1O)[S@@](=O)c1ccccc1O. The Morgan fingerprint density at radius 3 is 1.33 bits per heavy atom. The molecule has 2 aromatic rings. The molecule has 0 saturated carbocycles. The van der Waals surface area contributed by atoms with Gasteiger partial charge in [-0.1, -0.05) is 24.3 Å². The zero-order valence-electron chi connectivity index (χ0n) is 9.15. The van der Waals surface area contributed by atoms with Crippen LogP contribution in [0.15, 0.2) is 58.3 Å². The molecule has 0 amide bonds. The number of rotatable bonds is 3. The molecule has 0 unspecified atom stereocenters. The molecular formula is C12H10O4S2. The number of hydrogen-bond acceptors (Lipinski definition) is 4. The van der Waals surface area contributed by atoms with Gasteiger partial charge in [0.2, 0.25) is 0 Å². The normalized spacial score (nSPS) is 14.0. The van der Waals surface area contributed by atoms with Gasteiger partial charge in [-0.3, -0.25) is 0 Å². The van der Waals surface area contributed by atoms with Crippen LogP contribution in [0.4, 0.5) is 0 Å². The van der Waals surface area contributed by atoms with E-state index in [0.29, 0.717) is 0 Å². The number of hydrogen-bond donors (Lipinski definition) is 2. The predicted octanol–water partition coefficient (Wildman–Crippen LogP) is 1.93. The van der Waals surface area contributed by atoms with Crippen molar-refractivity contribution in [3.63, 3.8) is 0 Å². The lowest BCUT2D eigenvalue weighted by Gasteiger charge is -2.05. The molecule has 94 valence electrons. The first kappa shape index (κ1) is 12.8. The Morgan fingerprint density at radius 2 is 1.00 bits per heavy atom. The maximum Gasteiger partial charge on any atom is 0.151 e. The van der Waals surface area contributed by atoms with Crippen LogP contribution < -0.4 is 0 Å². The van der Waals surface area contributed by atoms with Gasteiger partial charge < -0.3 is 10.2 Å². The van der Waals surface area contributed by atoms with Crippen molar-refractivity contribution in [2.75, 3.05) is 0 Å². The van der Waals surface area contributed by atoms with Crippen LogP contribution in [0, 0.1) is 0 Å². The minimum Gasteiger partial charge on any atom is -0.507 e. The molecule has 0 fully saturated rings. The molecule has 0 aromatic heterocycles. The summed E-state index contributed by atoms with van der Waals surface area (Å²) >= 11 is 0.